The number of aryl methyl sites for hydroxylation is 2. The Bertz CT molecular complexity index is 683. The molecule has 0 fully saturated rings. The number of carboxylic acid groups (broad SMARTS) is 1. The van der Waals surface area contributed by atoms with E-state index < -0.39 is 11.9 Å². The number of rotatable bonds is 3. The Balaban J connectivity index is 2.22. The number of nitrogens with one attached hydrogen (secondary N) is 1. The van der Waals surface area contributed by atoms with Gasteiger partial charge in [-0.25, -0.2) is 14.8 Å². The van der Waals surface area contributed by atoms with Crippen LogP contribution in [0, 0.1) is 13.8 Å². The fourth-order valence-electron chi connectivity index (χ4n) is 1.71. The molecule has 0 saturated carbocycles. The molecule has 102 valence electrons. The van der Waals surface area contributed by atoms with Gasteiger partial charge in [0.25, 0.3) is 5.91 Å². The first-order valence-electron chi connectivity index (χ1n) is 5.93. The van der Waals surface area contributed by atoms with Crippen LogP contribution in [0.3, 0.4) is 0 Å². The van der Waals surface area contributed by atoms with E-state index in [1.807, 2.05) is 13.0 Å². The number of anilines is 1. The van der Waals surface area contributed by atoms with Gasteiger partial charge in [0.05, 0.1) is 11.3 Å². The summed E-state index contributed by atoms with van der Waals surface area (Å²) in [6, 6.07) is 8.01. The summed E-state index contributed by atoms with van der Waals surface area (Å²) in [5.74, 6) is -1.07. The third kappa shape index (κ3) is 2.97. The number of aromatic carboxylic acids is 1. The number of pyridine rings is 2. The van der Waals surface area contributed by atoms with Gasteiger partial charge in [0.15, 0.2) is 0 Å². The van der Waals surface area contributed by atoms with Crippen molar-refractivity contribution in [3.05, 3.63) is 53.0 Å². The SMILES string of the molecule is Cc1cccc(NC(=O)c2ccc(C(=O)O)c(C)n2)n1. The highest BCUT2D eigenvalue weighted by Gasteiger charge is 2.13. The number of carbonyl (C=O) groups is 2. The van der Waals surface area contributed by atoms with E-state index in [2.05, 4.69) is 15.3 Å². The molecule has 0 spiro atoms. The number of nitrogens with zero attached hydrogens (tertiary/aromatic N) is 2. The molecule has 0 atom stereocenters. The highest BCUT2D eigenvalue weighted by atomic mass is 16.4. The second-order valence-electron chi connectivity index (χ2n) is 4.25. The summed E-state index contributed by atoms with van der Waals surface area (Å²) in [6.45, 7) is 3.37. The van der Waals surface area contributed by atoms with Gasteiger partial charge in [-0.1, -0.05) is 6.07 Å². The average Bonchev–Trinajstić information content (AvgIpc) is 2.38. The van der Waals surface area contributed by atoms with Crippen LogP contribution in [0.15, 0.2) is 30.3 Å². The third-order valence-electron chi connectivity index (χ3n) is 2.68. The van der Waals surface area contributed by atoms with Crippen LogP contribution in [0.5, 0.6) is 0 Å². The van der Waals surface area contributed by atoms with Crippen LogP contribution in [-0.4, -0.2) is 27.0 Å². The van der Waals surface area contributed by atoms with Gasteiger partial charge >= 0.3 is 5.97 Å². The molecule has 2 rings (SSSR count). The fourth-order valence-corrected chi connectivity index (χ4v) is 1.71. The maximum Gasteiger partial charge on any atom is 0.337 e. The van der Waals surface area contributed by atoms with Crippen LogP contribution in [0.2, 0.25) is 0 Å². The van der Waals surface area contributed by atoms with Crippen molar-refractivity contribution in [2.24, 2.45) is 0 Å². The van der Waals surface area contributed by atoms with Crippen molar-refractivity contribution < 1.29 is 14.7 Å². The van der Waals surface area contributed by atoms with Crippen LogP contribution in [-0.2, 0) is 0 Å². The molecule has 0 bridgehead atoms. The molecule has 6 nitrogen and oxygen atoms in total. The van der Waals surface area contributed by atoms with Crippen LogP contribution >= 0.6 is 0 Å². The van der Waals surface area contributed by atoms with Gasteiger partial charge in [-0.2, -0.15) is 0 Å². The number of amides is 1. The lowest BCUT2D eigenvalue weighted by Crippen LogP contribution is -2.16. The Morgan fingerprint density at radius 1 is 1.10 bits per heavy atom. The number of carboxylic acids is 1. The molecule has 0 saturated heterocycles. The van der Waals surface area contributed by atoms with Gasteiger partial charge in [-0.3, -0.25) is 4.79 Å². The molecular formula is C14H13N3O3. The Kier molecular flexibility index (Phi) is 3.74. The van der Waals surface area contributed by atoms with E-state index in [0.717, 1.165) is 5.69 Å². The smallest absolute Gasteiger partial charge is 0.337 e. The van der Waals surface area contributed by atoms with E-state index >= 15 is 0 Å². The average molecular weight is 271 g/mol. The summed E-state index contributed by atoms with van der Waals surface area (Å²) < 4.78 is 0. The lowest BCUT2D eigenvalue weighted by atomic mass is 10.2. The second-order valence-corrected chi connectivity index (χ2v) is 4.25. The lowest BCUT2D eigenvalue weighted by Gasteiger charge is -2.06. The number of carbonyl (C=O) groups excluding carboxylic acids is 1. The first kappa shape index (κ1) is 13.7. The van der Waals surface area contributed by atoms with E-state index in [1.54, 1.807) is 19.1 Å². The van der Waals surface area contributed by atoms with Crippen molar-refractivity contribution in [1.29, 1.82) is 0 Å². The highest BCUT2D eigenvalue weighted by Crippen LogP contribution is 2.10. The molecule has 2 aromatic rings. The van der Waals surface area contributed by atoms with Crippen molar-refractivity contribution in [3.63, 3.8) is 0 Å². The zero-order valence-corrected chi connectivity index (χ0v) is 11.0. The molecule has 0 radical (unpaired) electrons. The Hall–Kier alpha value is -2.76. The first-order chi connectivity index (χ1) is 9.47. The number of hydrogen-bond donors (Lipinski definition) is 2. The van der Waals surface area contributed by atoms with Gasteiger partial charge < -0.3 is 10.4 Å². The summed E-state index contributed by atoms with van der Waals surface area (Å²) in [5.41, 5.74) is 1.31. The van der Waals surface area contributed by atoms with Crippen molar-refractivity contribution in [2.75, 3.05) is 5.32 Å². The van der Waals surface area contributed by atoms with E-state index in [0.29, 0.717) is 11.5 Å². The molecule has 6 heteroatoms. The fraction of sp³-hybridized carbons (Fsp3) is 0.143. The summed E-state index contributed by atoms with van der Waals surface area (Å²) >= 11 is 0. The van der Waals surface area contributed by atoms with Crippen LogP contribution < -0.4 is 5.32 Å². The molecule has 20 heavy (non-hydrogen) atoms. The monoisotopic (exact) mass is 271 g/mol. The Morgan fingerprint density at radius 3 is 2.45 bits per heavy atom. The van der Waals surface area contributed by atoms with Crippen molar-refractivity contribution in [2.45, 2.75) is 13.8 Å². The molecule has 0 unspecified atom stereocenters. The minimum absolute atomic E-state index is 0.0789. The van der Waals surface area contributed by atoms with Gasteiger partial charge in [0.1, 0.15) is 11.5 Å². The van der Waals surface area contributed by atoms with Crippen LogP contribution in [0.1, 0.15) is 32.2 Å². The molecule has 1 amide bonds. The number of aromatic nitrogens is 2. The zero-order valence-electron chi connectivity index (χ0n) is 11.0. The van der Waals surface area contributed by atoms with E-state index in [-0.39, 0.29) is 11.3 Å². The van der Waals surface area contributed by atoms with Crippen molar-refractivity contribution >= 4 is 17.7 Å². The zero-order chi connectivity index (χ0) is 14.7. The predicted molar refractivity (Wildman–Crippen MR) is 72.9 cm³/mol. The van der Waals surface area contributed by atoms with Gasteiger partial charge in [-0.15, -0.1) is 0 Å². The first-order valence-corrected chi connectivity index (χ1v) is 5.93. The molecule has 0 aromatic carbocycles. The summed E-state index contributed by atoms with van der Waals surface area (Å²) in [5, 5.41) is 11.5. The standard InChI is InChI=1S/C14H13N3O3/c1-8-4-3-5-12(15-8)17-13(18)11-7-6-10(14(19)20)9(2)16-11/h3-7H,1-2H3,(H,19,20)(H,15,17,18). The maximum atomic E-state index is 12.0. The molecule has 0 aliphatic rings. The van der Waals surface area contributed by atoms with Crippen LogP contribution in [0.25, 0.3) is 0 Å². The van der Waals surface area contributed by atoms with Gasteiger partial charge in [0, 0.05) is 5.69 Å². The summed E-state index contributed by atoms with van der Waals surface area (Å²) in [4.78, 5) is 31.0. The van der Waals surface area contributed by atoms with E-state index in [4.69, 9.17) is 5.11 Å². The third-order valence-corrected chi connectivity index (χ3v) is 2.68. The highest BCUT2D eigenvalue weighted by molar-refractivity contribution is 6.02. The lowest BCUT2D eigenvalue weighted by molar-refractivity contribution is 0.0695. The number of hydrogen-bond acceptors (Lipinski definition) is 4. The maximum absolute atomic E-state index is 12.0. The largest absolute Gasteiger partial charge is 0.478 e. The summed E-state index contributed by atoms with van der Waals surface area (Å²) in [7, 11) is 0. The Morgan fingerprint density at radius 2 is 1.85 bits per heavy atom. The van der Waals surface area contributed by atoms with E-state index in [1.165, 1.54) is 12.1 Å². The summed E-state index contributed by atoms with van der Waals surface area (Å²) in [6.07, 6.45) is 0. The van der Waals surface area contributed by atoms with Crippen molar-refractivity contribution in [3.8, 4) is 0 Å². The van der Waals surface area contributed by atoms with Gasteiger partial charge in [-0.05, 0) is 38.1 Å². The van der Waals surface area contributed by atoms with Crippen LogP contribution in [0.4, 0.5) is 5.82 Å². The Labute approximate surface area is 115 Å². The predicted octanol–water partition coefficient (Wildman–Crippen LogP) is 2.04. The molecular weight excluding hydrogens is 258 g/mol. The van der Waals surface area contributed by atoms with Gasteiger partial charge in [0.2, 0.25) is 0 Å². The quantitative estimate of drug-likeness (QED) is 0.891. The minimum atomic E-state index is -1.07. The molecule has 2 aromatic heterocycles. The van der Waals surface area contributed by atoms with Crippen molar-refractivity contribution in [1.82, 2.24) is 9.97 Å². The minimum Gasteiger partial charge on any atom is -0.478 e. The second kappa shape index (κ2) is 5.48. The van der Waals surface area contributed by atoms with E-state index in [9.17, 15) is 9.59 Å². The molecule has 2 heterocycles. The normalized spacial score (nSPS) is 10.1. The molecule has 2 N–H and O–H groups in total. The topological polar surface area (TPSA) is 92.2 Å². The molecule has 0 aliphatic carbocycles. The molecule has 0 aliphatic heterocycles.